The van der Waals surface area contributed by atoms with Gasteiger partial charge in [0.2, 0.25) is 5.91 Å². The van der Waals surface area contributed by atoms with Gasteiger partial charge in [-0.05, 0) is 57.0 Å². The third-order valence-corrected chi connectivity index (χ3v) is 4.32. The van der Waals surface area contributed by atoms with Crippen LogP contribution >= 0.6 is 0 Å². The lowest BCUT2D eigenvalue weighted by Crippen LogP contribution is -2.44. The molecule has 1 aliphatic rings. The maximum Gasteiger partial charge on any atom is 0.319 e. The predicted octanol–water partition coefficient (Wildman–Crippen LogP) is 2.19. The van der Waals surface area contributed by atoms with Gasteiger partial charge >= 0.3 is 6.03 Å². The van der Waals surface area contributed by atoms with Gasteiger partial charge in [0, 0.05) is 31.7 Å². The van der Waals surface area contributed by atoms with Gasteiger partial charge in [-0.15, -0.1) is 0 Å². The van der Waals surface area contributed by atoms with E-state index in [4.69, 9.17) is 0 Å². The third kappa shape index (κ3) is 6.70. The molecule has 138 valence electrons. The molecule has 1 saturated heterocycles. The van der Waals surface area contributed by atoms with Gasteiger partial charge in [-0.2, -0.15) is 0 Å². The topological polar surface area (TPSA) is 73.5 Å². The molecule has 7 heteroatoms. The van der Waals surface area contributed by atoms with Crippen LogP contribution in [0.5, 0.6) is 0 Å². The summed E-state index contributed by atoms with van der Waals surface area (Å²) in [6, 6.07) is 5.42. The monoisotopic (exact) mass is 350 g/mol. The molecule has 1 heterocycles. The Hall–Kier alpha value is -2.15. The van der Waals surface area contributed by atoms with Crippen LogP contribution < -0.4 is 16.0 Å². The van der Waals surface area contributed by atoms with E-state index in [9.17, 15) is 14.0 Å². The zero-order chi connectivity index (χ0) is 18.1. The number of nitrogens with zero attached hydrogens (tertiary/aromatic N) is 1. The molecule has 0 bridgehead atoms. The van der Waals surface area contributed by atoms with Crippen LogP contribution in [0.1, 0.15) is 25.7 Å². The first-order valence-electron chi connectivity index (χ1n) is 8.81. The quantitative estimate of drug-likeness (QED) is 0.660. The van der Waals surface area contributed by atoms with Crippen molar-refractivity contribution in [3.05, 3.63) is 30.1 Å². The number of urea groups is 1. The smallest absolute Gasteiger partial charge is 0.319 e. The number of hydrogen-bond donors (Lipinski definition) is 3. The highest BCUT2D eigenvalue weighted by atomic mass is 19.1. The predicted molar refractivity (Wildman–Crippen MR) is 95.9 cm³/mol. The van der Waals surface area contributed by atoms with Crippen molar-refractivity contribution in [3.8, 4) is 0 Å². The van der Waals surface area contributed by atoms with Crippen molar-refractivity contribution in [2.75, 3.05) is 38.5 Å². The molecule has 0 radical (unpaired) electrons. The van der Waals surface area contributed by atoms with Gasteiger partial charge < -0.3 is 20.9 Å². The largest absolute Gasteiger partial charge is 0.342 e. The first kappa shape index (κ1) is 19.2. The number of carbonyl (C=O) groups is 2. The molecule has 0 spiro atoms. The second kappa shape index (κ2) is 9.98. The zero-order valence-electron chi connectivity index (χ0n) is 14.7. The fraction of sp³-hybridized carbons (Fsp3) is 0.556. The average molecular weight is 350 g/mol. The minimum absolute atomic E-state index is 0.184. The minimum atomic E-state index is -0.391. The maximum absolute atomic E-state index is 13.1. The summed E-state index contributed by atoms with van der Waals surface area (Å²) in [4.78, 5) is 26.0. The van der Waals surface area contributed by atoms with Gasteiger partial charge in [0.1, 0.15) is 5.82 Å². The van der Waals surface area contributed by atoms with Gasteiger partial charge in [0.15, 0.2) is 0 Å². The van der Waals surface area contributed by atoms with Gasteiger partial charge in [0.05, 0.1) is 0 Å². The first-order valence-corrected chi connectivity index (χ1v) is 8.81. The van der Waals surface area contributed by atoms with Crippen LogP contribution in [0.2, 0.25) is 0 Å². The second-order valence-electron chi connectivity index (χ2n) is 6.40. The van der Waals surface area contributed by atoms with Crippen LogP contribution in [0.3, 0.4) is 0 Å². The van der Waals surface area contributed by atoms with E-state index < -0.39 is 5.82 Å². The number of rotatable bonds is 7. The molecular formula is C18H27FN4O2. The number of benzene rings is 1. The molecule has 25 heavy (non-hydrogen) atoms. The highest BCUT2D eigenvalue weighted by Gasteiger charge is 2.23. The lowest BCUT2D eigenvalue weighted by Gasteiger charge is -2.33. The van der Waals surface area contributed by atoms with Crippen molar-refractivity contribution < 1.29 is 14.0 Å². The van der Waals surface area contributed by atoms with E-state index in [0.29, 0.717) is 25.2 Å². The van der Waals surface area contributed by atoms with Crippen LogP contribution in [-0.4, -0.2) is 50.1 Å². The lowest BCUT2D eigenvalue weighted by molar-refractivity contribution is -0.133. The highest BCUT2D eigenvalue weighted by molar-refractivity contribution is 5.89. The molecule has 2 rings (SSSR count). The van der Waals surface area contributed by atoms with Crippen LogP contribution in [0, 0.1) is 11.7 Å². The van der Waals surface area contributed by atoms with Crippen LogP contribution in [0.4, 0.5) is 14.9 Å². The van der Waals surface area contributed by atoms with Crippen molar-refractivity contribution in [3.63, 3.8) is 0 Å². The molecule has 0 aromatic heterocycles. The molecule has 1 aromatic carbocycles. The van der Waals surface area contributed by atoms with E-state index in [0.717, 1.165) is 32.4 Å². The molecule has 3 amide bonds. The fourth-order valence-electron chi connectivity index (χ4n) is 3.01. The van der Waals surface area contributed by atoms with E-state index >= 15 is 0 Å². The van der Waals surface area contributed by atoms with Crippen molar-refractivity contribution >= 4 is 17.6 Å². The Bertz CT molecular complexity index is 582. The minimum Gasteiger partial charge on any atom is -0.342 e. The van der Waals surface area contributed by atoms with Gasteiger partial charge in [-0.3, -0.25) is 4.79 Å². The van der Waals surface area contributed by atoms with Gasteiger partial charge in [-0.1, -0.05) is 6.07 Å². The Morgan fingerprint density at radius 2 is 2.20 bits per heavy atom. The Morgan fingerprint density at radius 3 is 2.96 bits per heavy atom. The van der Waals surface area contributed by atoms with Crippen LogP contribution in [0.25, 0.3) is 0 Å². The van der Waals surface area contributed by atoms with E-state index in [1.807, 2.05) is 11.9 Å². The summed E-state index contributed by atoms with van der Waals surface area (Å²) in [6.45, 7) is 2.81. The van der Waals surface area contributed by atoms with Crippen LogP contribution in [0.15, 0.2) is 24.3 Å². The molecule has 0 aliphatic carbocycles. The molecule has 0 saturated carbocycles. The summed E-state index contributed by atoms with van der Waals surface area (Å²) >= 11 is 0. The van der Waals surface area contributed by atoms with Crippen molar-refractivity contribution in [2.45, 2.75) is 25.7 Å². The van der Waals surface area contributed by atoms with E-state index in [-0.39, 0.29) is 17.9 Å². The Balaban J connectivity index is 1.72. The number of amides is 3. The molecule has 3 N–H and O–H groups in total. The number of piperidine rings is 1. The molecular weight excluding hydrogens is 323 g/mol. The average Bonchev–Trinajstić information content (AvgIpc) is 2.60. The first-order chi connectivity index (χ1) is 12.1. The SMILES string of the molecule is CNCCCC(=O)N1CCCC(CNC(=O)Nc2cccc(F)c2)C1. The summed E-state index contributed by atoms with van der Waals surface area (Å²) in [6.07, 6.45) is 3.34. The standard InChI is InChI=1S/C18H27FN4O2/c1-20-9-3-8-17(24)23-10-4-5-14(13-23)12-21-18(25)22-16-7-2-6-15(19)11-16/h2,6-7,11,14,20H,3-5,8-10,12-13H2,1H3,(H2,21,22,25). The molecule has 6 nitrogen and oxygen atoms in total. The van der Waals surface area contributed by atoms with Gasteiger partial charge in [-0.25, -0.2) is 9.18 Å². The molecule has 1 fully saturated rings. The number of carbonyl (C=O) groups excluding carboxylic acids is 2. The Labute approximate surface area is 148 Å². The van der Waals surface area contributed by atoms with Crippen molar-refractivity contribution in [1.29, 1.82) is 0 Å². The molecule has 1 unspecified atom stereocenters. The van der Waals surface area contributed by atoms with E-state index in [1.165, 1.54) is 12.1 Å². The van der Waals surface area contributed by atoms with E-state index in [1.54, 1.807) is 12.1 Å². The Kier molecular flexibility index (Phi) is 7.66. The summed E-state index contributed by atoms with van der Waals surface area (Å²) in [5, 5.41) is 8.47. The number of nitrogens with one attached hydrogen (secondary N) is 3. The summed E-state index contributed by atoms with van der Waals surface area (Å²) < 4.78 is 13.1. The van der Waals surface area contributed by atoms with E-state index in [2.05, 4.69) is 16.0 Å². The normalized spacial score (nSPS) is 17.2. The third-order valence-electron chi connectivity index (χ3n) is 4.32. The second-order valence-corrected chi connectivity index (χ2v) is 6.40. The Morgan fingerprint density at radius 1 is 1.36 bits per heavy atom. The molecule has 1 aromatic rings. The fourth-order valence-corrected chi connectivity index (χ4v) is 3.01. The van der Waals surface area contributed by atoms with Crippen LogP contribution in [-0.2, 0) is 4.79 Å². The number of anilines is 1. The summed E-state index contributed by atoms with van der Waals surface area (Å²) in [5.41, 5.74) is 0.419. The number of likely N-dealkylation sites (tertiary alicyclic amines) is 1. The van der Waals surface area contributed by atoms with Crippen molar-refractivity contribution in [1.82, 2.24) is 15.5 Å². The zero-order valence-corrected chi connectivity index (χ0v) is 14.7. The maximum atomic E-state index is 13.1. The number of hydrogen-bond acceptors (Lipinski definition) is 3. The number of halogens is 1. The lowest BCUT2D eigenvalue weighted by atomic mass is 9.97. The van der Waals surface area contributed by atoms with Crippen molar-refractivity contribution in [2.24, 2.45) is 5.92 Å². The highest BCUT2D eigenvalue weighted by Crippen LogP contribution is 2.17. The van der Waals surface area contributed by atoms with Gasteiger partial charge in [0.25, 0.3) is 0 Å². The molecule has 1 atom stereocenters. The summed E-state index contributed by atoms with van der Waals surface area (Å²) in [7, 11) is 1.88. The summed E-state index contributed by atoms with van der Waals surface area (Å²) in [5.74, 6) is 0.0435. The molecule has 1 aliphatic heterocycles.